The maximum absolute atomic E-state index is 13.2. The third kappa shape index (κ3) is 2.20. The summed E-state index contributed by atoms with van der Waals surface area (Å²) in [5, 5.41) is 3.86. The second-order valence-corrected chi connectivity index (χ2v) is 8.70. The molecule has 5 nitrogen and oxygen atoms in total. The number of carbonyl (C=O) groups excluding carboxylic acids is 1. The molecule has 1 amide bonds. The fourth-order valence-corrected chi connectivity index (χ4v) is 5.89. The van der Waals surface area contributed by atoms with Gasteiger partial charge in [0.25, 0.3) is 5.91 Å². The predicted octanol–water partition coefficient (Wildman–Crippen LogP) is 4.67. The first-order valence-corrected chi connectivity index (χ1v) is 10.7. The van der Waals surface area contributed by atoms with Crippen molar-refractivity contribution in [2.75, 3.05) is 5.32 Å². The fraction of sp³-hybridized carbons (Fsp3) is 0.217. The highest BCUT2D eigenvalue weighted by Gasteiger charge is 2.56. The van der Waals surface area contributed by atoms with Crippen LogP contribution in [-0.4, -0.2) is 10.9 Å². The molecule has 1 spiro atoms. The predicted molar refractivity (Wildman–Crippen MR) is 114 cm³/mol. The molecule has 1 atom stereocenters. The lowest BCUT2D eigenvalue weighted by molar-refractivity contribution is -0.132. The van der Waals surface area contributed by atoms with Crippen LogP contribution in [0.15, 0.2) is 65.6 Å². The summed E-state index contributed by atoms with van der Waals surface area (Å²) in [6, 6.07) is 15.8. The largest absolute Gasteiger partial charge is 0.453 e. The number of hydrogen-bond acceptors (Lipinski definition) is 5. The SMILES string of the molecule is NC1=C(c2nc3ccccc3s2)C2=C(CCCC2)C2(O1)C(=O)Nc1ccccc12. The van der Waals surface area contributed by atoms with E-state index in [4.69, 9.17) is 15.5 Å². The van der Waals surface area contributed by atoms with Gasteiger partial charge < -0.3 is 15.8 Å². The Morgan fingerprint density at radius 1 is 1.07 bits per heavy atom. The summed E-state index contributed by atoms with van der Waals surface area (Å²) in [6.07, 6.45) is 3.80. The number of aromatic nitrogens is 1. The van der Waals surface area contributed by atoms with E-state index in [9.17, 15) is 4.79 Å². The van der Waals surface area contributed by atoms with Gasteiger partial charge in [0.15, 0.2) is 5.88 Å². The van der Waals surface area contributed by atoms with Gasteiger partial charge in [-0.15, -0.1) is 11.3 Å². The fourth-order valence-electron chi connectivity index (χ4n) is 4.84. The van der Waals surface area contributed by atoms with Crippen LogP contribution < -0.4 is 11.1 Å². The second-order valence-electron chi connectivity index (χ2n) is 7.67. The van der Waals surface area contributed by atoms with Crippen molar-refractivity contribution in [2.45, 2.75) is 31.3 Å². The smallest absolute Gasteiger partial charge is 0.277 e. The van der Waals surface area contributed by atoms with Gasteiger partial charge in [0.05, 0.1) is 15.8 Å². The minimum atomic E-state index is -1.16. The van der Waals surface area contributed by atoms with Gasteiger partial charge in [-0.05, 0) is 55.0 Å². The summed E-state index contributed by atoms with van der Waals surface area (Å²) in [6.45, 7) is 0. The van der Waals surface area contributed by atoms with Crippen LogP contribution in [0.4, 0.5) is 5.69 Å². The number of allylic oxidation sites excluding steroid dienone is 2. The zero-order chi connectivity index (χ0) is 19.6. The Bertz CT molecular complexity index is 1220. The third-order valence-corrected chi connectivity index (χ3v) is 7.14. The molecule has 6 rings (SSSR count). The summed E-state index contributed by atoms with van der Waals surface area (Å²) >= 11 is 1.62. The molecule has 0 fully saturated rings. The number of thiazole rings is 1. The van der Waals surface area contributed by atoms with Crippen LogP contribution in [0, 0.1) is 0 Å². The molecule has 0 saturated heterocycles. The van der Waals surface area contributed by atoms with Crippen LogP contribution in [-0.2, 0) is 15.1 Å². The van der Waals surface area contributed by atoms with E-state index in [-0.39, 0.29) is 11.8 Å². The standard InChI is InChI=1S/C23H19N3O2S/c24-20-19(21-25-17-11-5-6-12-18(17)29-21)13-7-1-2-8-14(13)23(28-20)15-9-3-4-10-16(15)26-22(23)27/h3-6,9-12H,1-2,7-8,24H2,(H,26,27). The Morgan fingerprint density at radius 3 is 2.76 bits per heavy atom. The van der Waals surface area contributed by atoms with E-state index < -0.39 is 5.60 Å². The average molecular weight is 401 g/mol. The van der Waals surface area contributed by atoms with Crippen molar-refractivity contribution < 1.29 is 9.53 Å². The van der Waals surface area contributed by atoms with Gasteiger partial charge in [0.1, 0.15) is 5.01 Å². The minimum absolute atomic E-state index is 0.153. The Morgan fingerprint density at radius 2 is 1.86 bits per heavy atom. The third-order valence-electron chi connectivity index (χ3n) is 6.09. The molecule has 6 heteroatoms. The van der Waals surface area contributed by atoms with Crippen LogP contribution in [0.25, 0.3) is 15.8 Å². The molecule has 144 valence electrons. The van der Waals surface area contributed by atoms with Crippen molar-refractivity contribution in [3.8, 4) is 0 Å². The number of anilines is 1. The number of nitrogens with one attached hydrogen (secondary N) is 1. The minimum Gasteiger partial charge on any atom is -0.453 e. The van der Waals surface area contributed by atoms with Gasteiger partial charge in [-0.2, -0.15) is 0 Å². The van der Waals surface area contributed by atoms with Crippen molar-refractivity contribution in [1.29, 1.82) is 0 Å². The molecule has 2 aliphatic heterocycles. The van der Waals surface area contributed by atoms with E-state index in [1.54, 1.807) is 11.3 Å². The van der Waals surface area contributed by atoms with Gasteiger partial charge in [-0.3, -0.25) is 4.79 Å². The first-order chi connectivity index (χ1) is 14.2. The van der Waals surface area contributed by atoms with E-state index in [0.29, 0.717) is 0 Å². The first-order valence-electron chi connectivity index (χ1n) is 9.87. The zero-order valence-corrected chi connectivity index (χ0v) is 16.5. The van der Waals surface area contributed by atoms with Crippen molar-refractivity contribution in [2.24, 2.45) is 5.73 Å². The summed E-state index contributed by atoms with van der Waals surface area (Å²) in [4.78, 5) is 18.1. The normalized spacial score (nSPS) is 23.2. The molecule has 3 aromatic rings. The Balaban J connectivity index is 1.59. The quantitative estimate of drug-likeness (QED) is 0.621. The maximum Gasteiger partial charge on any atom is 0.277 e. The molecule has 3 N–H and O–H groups in total. The van der Waals surface area contributed by atoms with Gasteiger partial charge in [0, 0.05) is 11.3 Å². The van der Waals surface area contributed by atoms with Crippen LogP contribution in [0.5, 0.6) is 0 Å². The Hall–Kier alpha value is -3.12. The molecule has 1 aliphatic carbocycles. The molecule has 0 radical (unpaired) electrons. The van der Waals surface area contributed by atoms with E-state index in [0.717, 1.165) is 68.9 Å². The highest BCUT2D eigenvalue weighted by Crippen LogP contribution is 2.54. The van der Waals surface area contributed by atoms with Crippen molar-refractivity contribution in [1.82, 2.24) is 4.98 Å². The summed E-state index contributed by atoms with van der Waals surface area (Å²) in [5.74, 6) is 0.135. The number of para-hydroxylation sites is 2. The second kappa shape index (κ2) is 5.94. The average Bonchev–Trinajstić information content (AvgIpc) is 3.28. The number of nitrogens with two attached hydrogens (primary N) is 1. The summed E-state index contributed by atoms with van der Waals surface area (Å²) in [7, 11) is 0. The number of rotatable bonds is 1. The van der Waals surface area contributed by atoms with Gasteiger partial charge in [-0.25, -0.2) is 4.98 Å². The van der Waals surface area contributed by atoms with Gasteiger partial charge >= 0.3 is 0 Å². The van der Waals surface area contributed by atoms with Crippen molar-refractivity contribution in [3.05, 3.63) is 76.1 Å². The van der Waals surface area contributed by atoms with Crippen LogP contribution in [0.2, 0.25) is 0 Å². The maximum atomic E-state index is 13.2. The number of amides is 1. The number of nitrogens with zero attached hydrogens (tertiary/aromatic N) is 1. The Labute approximate surface area is 171 Å². The van der Waals surface area contributed by atoms with E-state index in [1.807, 2.05) is 42.5 Å². The van der Waals surface area contributed by atoms with Gasteiger partial charge in [0.2, 0.25) is 5.60 Å². The molecule has 1 unspecified atom stereocenters. The lowest BCUT2D eigenvalue weighted by Gasteiger charge is -2.39. The van der Waals surface area contributed by atoms with Crippen LogP contribution in [0.3, 0.4) is 0 Å². The van der Waals surface area contributed by atoms with E-state index in [2.05, 4.69) is 11.4 Å². The molecule has 0 saturated carbocycles. The molecule has 3 aliphatic rings. The number of carbonyl (C=O) groups is 1. The molecule has 1 aromatic heterocycles. The molecular formula is C23H19N3O2S. The summed E-state index contributed by atoms with van der Waals surface area (Å²) < 4.78 is 7.48. The highest BCUT2D eigenvalue weighted by atomic mass is 32.1. The number of benzene rings is 2. The molecule has 0 bridgehead atoms. The van der Waals surface area contributed by atoms with Crippen molar-refractivity contribution >= 4 is 38.7 Å². The first kappa shape index (κ1) is 16.8. The van der Waals surface area contributed by atoms with Crippen LogP contribution >= 0.6 is 11.3 Å². The monoisotopic (exact) mass is 401 g/mol. The topological polar surface area (TPSA) is 77.2 Å². The molecular weight excluding hydrogens is 382 g/mol. The molecule has 29 heavy (non-hydrogen) atoms. The number of hydrogen-bond donors (Lipinski definition) is 2. The molecule has 2 aromatic carbocycles. The number of ether oxygens (including phenoxy) is 1. The number of fused-ring (bicyclic) bond motifs is 4. The Kier molecular flexibility index (Phi) is 3.44. The van der Waals surface area contributed by atoms with Crippen molar-refractivity contribution in [3.63, 3.8) is 0 Å². The van der Waals surface area contributed by atoms with E-state index >= 15 is 0 Å². The van der Waals surface area contributed by atoms with E-state index in [1.165, 1.54) is 0 Å². The van der Waals surface area contributed by atoms with Crippen LogP contribution in [0.1, 0.15) is 36.3 Å². The highest BCUT2D eigenvalue weighted by molar-refractivity contribution is 7.19. The molecule has 3 heterocycles. The van der Waals surface area contributed by atoms with Gasteiger partial charge in [-0.1, -0.05) is 30.3 Å². The lowest BCUT2D eigenvalue weighted by Crippen LogP contribution is -2.44. The summed E-state index contributed by atoms with van der Waals surface area (Å²) in [5.41, 5.74) is 11.0. The zero-order valence-electron chi connectivity index (χ0n) is 15.7. The lowest BCUT2D eigenvalue weighted by atomic mass is 9.74.